The van der Waals surface area contributed by atoms with Gasteiger partial charge < -0.3 is 24.1 Å². The van der Waals surface area contributed by atoms with Gasteiger partial charge in [0, 0.05) is 43.1 Å². The maximum atomic E-state index is 12.4. The summed E-state index contributed by atoms with van der Waals surface area (Å²) < 4.78 is 16.1. The van der Waals surface area contributed by atoms with Gasteiger partial charge in [-0.1, -0.05) is 12.1 Å². The predicted molar refractivity (Wildman–Crippen MR) is 139 cm³/mol. The molecule has 1 aliphatic heterocycles. The topological polar surface area (TPSA) is 116 Å². The lowest BCUT2D eigenvalue weighted by Crippen LogP contribution is -2.36. The number of nitrogens with one attached hydrogen (secondary N) is 1. The van der Waals surface area contributed by atoms with Gasteiger partial charge in [-0.25, -0.2) is 4.98 Å². The number of morpholine rings is 1. The van der Waals surface area contributed by atoms with E-state index in [1.807, 2.05) is 54.6 Å². The molecule has 0 saturated carbocycles. The minimum absolute atomic E-state index is 0.412. The van der Waals surface area contributed by atoms with Crippen molar-refractivity contribution in [3.63, 3.8) is 0 Å². The van der Waals surface area contributed by atoms with Crippen LogP contribution in [0, 0.1) is 0 Å². The number of hydrogen-bond acceptors (Lipinski definition) is 7. The van der Waals surface area contributed by atoms with Gasteiger partial charge in [-0.3, -0.25) is 4.79 Å². The summed E-state index contributed by atoms with van der Waals surface area (Å²) in [4.78, 5) is 26.4. The van der Waals surface area contributed by atoms with Crippen LogP contribution in [-0.4, -0.2) is 62.5 Å². The van der Waals surface area contributed by atoms with Crippen LogP contribution in [0.15, 0.2) is 77.0 Å². The molecule has 3 aromatic carbocycles. The molecule has 0 spiro atoms. The summed E-state index contributed by atoms with van der Waals surface area (Å²) in [7, 11) is 1.64. The van der Waals surface area contributed by atoms with Gasteiger partial charge in [0.25, 0.3) is 0 Å². The Morgan fingerprint density at radius 1 is 1.05 bits per heavy atom. The number of rotatable bonds is 8. The van der Waals surface area contributed by atoms with E-state index < -0.39 is 5.91 Å². The molecule has 0 bridgehead atoms. The number of aromatic amines is 1. The van der Waals surface area contributed by atoms with E-state index in [1.54, 1.807) is 19.2 Å². The number of H-pyrrole nitrogens is 1. The Morgan fingerprint density at radius 3 is 2.59 bits per heavy atom. The lowest BCUT2D eigenvalue weighted by molar-refractivity contribution is 0.0992. The van der Waals surface area contributed by atoms with Crippen LogP contribution < -0.4 is 14.5 Å². The van der Waals surface area contributed by atoms with Crippen molar-refractivity contribution in [2.75, 3.05) is 51.5 Å². The highest BCUT2D eigenvalue weighted by Crippen LogP contribution is 2.24. The van der Waals surface area contributed by atoms with Gasteiger partial charge in [-0.15, -0.1) is 0 Å². The van der Waals surface area contributed by atoms with Crippen molar-refractivity contribution in [1.29, 1.82) is 0 Å². The molecule has 0 atom stereocenters. The summed E-state index contributed by atoms with van der Waals surface area (Å²) in [5.41, 5.74) is 4.67. The van der Waals surface area contributed by atoms with Crippen LogP contribution in [0.25, 0.3) is 22.4 Å². The van der Waals surface area contributed by atoms with Gasteiger partial charge in [0.2, 0.25) is 10.0 Å². The van der Waals surface area contributed by atoms with Crippen molar-refractivity contribution in [3.05, 3.63) is 72.3 Å². The van der Waals surface area contributed by atoms with E-state index >= 15 is 0 Å². The standard InChI is InChI=1S/C27H26N6O4/c1-35-16-17-37-23-10-11-24-25(18-23)29-26(28-24)19-2-4-20(5-3-19)27(34)31-32-30-21-6-8-22(9-7-21)33-12-14-36-15-13-33/h2-11,18H,12-17H2,1H3/p+1. The number of hydrogen-bond donors (Lipinski definition) is 1. The third-order valence-electron chi connectivity index (χ3n) is 5.94. The van der Waals surface area contributed by atoms with Crippen LogP contribution in [-0.2, 0) is 9.47 Å². The molecule has 37 heavy (non-hydrogen) atoms. The summed E-state index contributed by atoms with van der Waals surface area (Å²) in [5, 5.41) is 7.77. The van der Waals surface area contributed by atoms with Crippen LogP contribution in [0.1, 0.15) is 10.4 Å². The summed E-state index contributed by atoms with van der Waals surface area (Å²) in [6.45, 7) is 4.19. The molecule has 0 unspecified atom stereocenters. The molecule has 1 aromatic heterocycles. The van der Waals surface area contributed by atoms with E-state index in [2.05, 4.69) is 30.0 Å². The van der Waals surface area contributed by atoms with E-state index in [4.69, 9.17) is 14.2 Å². The van der Waals surface area contributed by atoms with Crippen molar-refractivity contribution < 1.29 is 19.0 Å². The zero-order chi connectivity index (χ0) is 25.5. The maximum Gasteiger partial charge on any atom is 0.360 e. The number of methoxy groups -OCH3 is 1. The van der Waals surface area contributed by atoms with Gasteiger partial charge in [-0.2, -0.15) is 0 Å². The van der Waals surface area contributed by atoms with Crippen LogP contribution in [0.3, 0.4) is 0 Å². The van der Waals surface area contributed by atoms with E-state index in [9.17, 15) is 4.79 Å². The molecule has 2 heterocycles. The predicted octanol–water partition coefficient (Wildman–Crippen LogP) is 4.54. The Hall–Kier alpha value is -4.37. The summed E-state index contributed by atoms with van der Waals surface area (Å²) in [6, 6.07) is 20.4. The number of nitrogens with zero attached hydrogens (tertiary/aromatic N) is 5. The minimum atomic E-state index is -0.470. The van der Waals surface area contributed by atoms with Crippen molar-refractivity contribution in [2.24, 2.45) is 10.2 Å². The average molecular weight is 500 g/mol. The maximum absolute atomic E-state index is 12.4. The summed E-state index contributed by atoms with van der Waals surface area (Å²) >= 11 is 0. The van der Waals surface area contributed by atoms with Gasteiger partial charge in [-0.05, 0) is 48.5 Å². The fourth-order valence-corrected chi connectivity index (χ4v) is 3.95. The monoisotopic (exact) mass is 499 g/mol. The molecule has 4 aromatic rings. The largest absolute Gasteiger partial charge is 0.491 e. The zero-order valence-corrected chi connectivity index (χ0v) is 20.5. The fraction of sp³-hybridized carbons (Fsp3) is 0.259. The number of amides is 1. The Morgan fingerprint density at radius 2 is 1.84 bits per heavy atom. The van der Waals surface area contributed by atoms with Gasteiger partial charge in [0.15, 0.2) is 10.8 Å². The number of carbonyl (C=O) groups is 1. The minimum Gasteiger partial charge on any atom is -0.491 e. The Bertz CT molecular complexity index is 1420. The average Bonchev–Trinajstić information content (AvgIpc) is 3.38. The molecule has 0 radical (unpaired) electrons. The number of ether oxygens (including phenoxy) is 3. The lowest BCUT2D eigenvalue weighted by Gasteiger charge is -2.28. The number of benzene rings is 3. The van der Waals surface area contributed by atoms with Crippen LogP contribution in [0.4, 0.5) is 11.4 Å². The second-order valence-corrected chi connectivity index (χ2v) is 8.39. The first-order valence-electron chi connectivity index (χ1n) is 12.0. The van der Waals surface area contributed by atoms with Crippen molar-refractivity contribution in [1.82, 2.24) is 14.9 Å². The van der Waals surface area contributed by atoms with Crippen LogP contribution >= 0.6 is 0 Å². The lowest BCUT2D eigenvalue weighted by atomic mass is 10.1. The molecular weight excluding hydrogens is 472 g/mol. The molecule has 1 amide bonds. The second-order valence-electron chi connectivity index (χ2n) is 8.39. The summed E-state index contributed by atoms with van der Waals surface area (Å²) in [6.07, 6.45) is 0. The normalized spacial score (nSPS) is 13.3. The quantitative estimate of drug-likeness (QED) is 0.216. The second kappa shape index (κ2) is 11.6. The molecule has 1 aliphatic rings. The Labute approximate surface area is 213 Å². The SMILES string of the molecule is COCCOc1ccc2nc(-c3ccc(C(=O)N=[N+]=Nc4ccc(N5CCOCC5)cc4)cc3)[nH]c2c1. The van der Waals surface area contributed by atoms with Gasteiger partial charge in [0.1, 0.15) is 18.2 Å². The molecule has 0 aliphatic carbocycles. The van der Waals surface area contributed by atoms with Gasteiger partial charge >= 0.3 is 5.91 Å². The highest BCUT2D eigenvalue weighted by Gasteiger charge is 2.13. The van der Waals surface area contributed by atoms with Crippen molar-refractivity contribution in [3.8, 4) is 17.1 Å². The van der Waals surface area contributed by atoms with Gasteiger partial charge in [0.05, 0.1) is 30.9 Å². The first kappa shape index (κ1) is 24.3. The number of imidazole rings is 1. The molecule has 10 heteroatoms. The number of fused-ring (bicyclic) bond motifs is 1. The van der Waals surface area contributed by atoms with E-state index in [0.29, 0.717) is 30.3 Å². The highest BCUT2D eigenvalue weighted by molar-refractivity contribution is 5.94. The number of aromatic nitrogens is 2. The first-order chi connectivity index (χ1) is 18.2. The molecule has 10 nitrogen and oxygen atoms in total. The number of anilines is 1. The smallest absolute Gasteiger partial charge is 0.360 e. The summed E-state index contributed by atoms with van der Waals surface area (Å²) in [5.74, 6) is 0.965. The van der Waals surface area contributed by atoms with Crippen LogP contribution in [0.5, 0.6) is 5.75 Å². The van der Waals surface area contributed by atoms with E-state index in [1.165, 1.54) is 0 Å². The fourth-order valence-electron chi connectivity index (χ4n) is 3.95. The molecule has 5 rings (SSSR count). The third-order valence-corrected chi connectivity index (χ3v) is 5.94. The zero-order valence-electron chi connectivity index (χ0n) is 20.5. The molecule has 188 valence electrons. The van der Waals surface area contributed by atoms with Crippen molar-refractivity contribution in [2.45, 2.75) is 0 Å². The molecule has 1 fully saturated rings. The van der Waals surface area contributed by atoms with Crippen LogP contribution in [0.2, 0.25) is 0 Å². The van der Waals surface area contributed by atoms with E-state index in [-0.39, 0.29) is 0 Å². The number of carbonyl (C=O) groups excluding carboxylic acids is 1. The highest BCUT2D eigenvalue weighted by atomic mass is 16.5. The molecule has 1 saturated heterocycles. The Kier molecular flexibility index (Phi) is 7.61. The molecular formula is C27H27N6O4+. The van der Waals surface area contributed by atoms with Crippen molar-refractivity contribution >= 4 is 28.3 Å². The Balaban J connectivity index is 1.22. The molecule has 1 N–H and O–H groups in total. The first-order valence-corrected chi connectivity index (χ1v) is 12.0. The van der Waals surface area contributed by atoms with E-state index in [0.717, 1.165) is 54.3 Å². The third kappa shape index (κ3) is 6.07.